The molecule has 0 unspecified atom stereocenters. The lowest BCUT2D eigenvalue weighted by atomic mass is 10.1. The summed E-state index contributed by atoms with van der Waals surface area (Å²) in [4.78, 5) is 12.9. The maximum absolute atomic E-state index is 13.1. The van der Waals surface area contributed by atoms with Crippen molar-refractivity contribution in [3.8, 4) is 5.75 Å². The normalized spacial score (nSPS) is 16.1. The Hall–Kier alpha value is -2.38. The molecule has 0 radical (unpaired) electrons. The number of carbonyl (C=O) groups is 1. The van der Waals surface area contributed by atoms with Crippen LogP contribution in [0.15, 0.2) is 47.4 Å². The fourth-order valence-corrected chi connectivity index (χ4v) is 5.24. The van der Waals surface area contributed by atoms with E-state index in [4.69, 9.17) is 4.74 Å². The first kappa shape index (κ1) is 22.3. The number of nitrogens with zero attached hydrogens (tertiary/aromatic N) is 1. The molecule has 3 rings (SSSR count). The Balaban J connectivity index is 1.67. The molecule has 1 saturated heterocycles. The van der Waals surface area contributed by atoms with Gasteiger partial charge in [-0.2, -0.15) is 4.31 Å². The van der Waals surface area contributed by atoms with E-state index in [0.717, 1.165) is 30.6 Å². The van der Waals surface area contributed by atoms with Gasteiger partial charge in [-0.15, -0.1) is 0 Å². The number of aryl methyl sites for hydroxylation is 2. The average molecular weight is 431 g/mol. The van der Waals surface area contributed by atoms with E-state index < -0.39 is 10.0 Å². The van der Waals surface area contributed by atoms with E-state index in [-0.39, 0.29) is 16.8 Å². The highest BCUT2D eigenvalue weighted by atomic mass is 32.2. The molecule has 0 aliphatic carbocycles. The molecule has 30 heavy (non-hydrogen) atoms. The van der Waals surface area contributed by atoms with Gasteiger partial charge in [0.05, 0.1) is 10.9 Å². The maximum Gasteiger partial charge on any atom is 0.251 e. The van der Waals surface area contributed by atoms with Crippen LogP contribution in [-0.4, -0.2) is 44.4 Å². The van der Waals surface area contributed by atoms with Gasteiger partial charge in [-0.3, -0.25) is 4.79 Å². The number of carbonyl (C=O) groups excluding carboxylic acids is 1. The minimum absolute atomic E-state index is 0.209. The third kappa shape index (κ3) is 5.40. The minimum Gasteiger partial charge on any atom is -0.491 e. The number of nitrogens with one attached hydrogen (secondary N) is 1. The van der Waals surface area contributed by atoms with Crippen LogP contribution < -0.4 is 10.1 Å². The summed E-state index contributed by atoms with van der Waals surface area (Å²) in [7, 11) is -3.60. The molecule has 162 valence electrons. The number of ether oxygens (including phenoxy) is 1. The quantitative estimate of drug-likeness (QED) is 0.727. The second-order valence-corrected chi connectivity index (χ2v) is 9.85. The summed E-state index contributed by atoms with van der Waals surface area (Å²) in [6, 6.07) is 12.3. The number of sulfonamides is 1. The Morgan fingerprint density at radius 1 is 1.07 bits per heavy atom. The van der Waals surface area contributed by atoms with Crippen molar-refractivity contribution < 1.29 is 17.9 Å². The molecule has 1 atom stereocenters. The van der Waals surface area contributed by atoms with E-state index >= 15 is 0 Å². The molecule has 1 aliphatic rings. The first-order valence-corrected chi connectivity index (χ1v) is 11.8. The topological polar surface area (TPSA) is 75.7 Å². The molecule has 0 saturated carbocycles. The summed E-state index contributed by atoms with van der Waals surface area (Å²) in [6.45, 7) is 7.01. The van der Waals surface area contributed by atoms with Crippen molar-refractivity contribution in [3.05, 3.63) is 59.2 Å². The predicted molar refractivity (Wildman–Crippen MR) is 117 cm³/mol. The summed E-state index contributed by atoms with van der Waals surface area (Å²) in [5, 5.41) is 2.88. The van der Waals surface area contributed by atoms with E-state index in [0.29, 0.717) is 30.8 Å². The van der Waals surface area contributed by atoms with Gasteiger partial charge in [-0.05, 0) is 63.4 Å². The van der Waals surface area contributed by atoms with Crippen molar-refractivity contribution in [1.82, 2.24) is 9.62 Å². The molecular formula is C23H30N2O4S. The summed E-state index contributed by atoms with van der Waals surface area (Å²) in [5.74, 6) is 0.428. The number of piperidine rings is 1. The van der Waals surface area contributed by atoms with Crippen molar-refractivity contribution in [2.75, 3.05) is 19.7 Å². The fraction of sp³-hybridized carbons (Fsp3) is 0.435. The monoisotopic (exact) mass is 430 g/mol. The van der Waals surface area contributed by atoms with Crippen molar-refractivity contribution >= 4 is 15.9 Å². The van der Waals surface area contributed by atoms with Crippen LogP contribution >= 0.6 is 0 Å². The van der Waals surface area contributed by atoms with Crippen molar-refractivity contribution in [1.29, 1.82) is 0 Å². The standard InChI is InChI=1S/C23H30N2O4S/c1-17-7-11-21(12-8-17)29-16-19(3)24-23(26)20-10-9-18(2)22(15-20)30(27,28)25-13-5-4-6-14-25/h7-12,15,19H,4-6,13-14,16H2,1-3H3,(H,24,26)/t19-/m0/s1. The molecule has 1 heterocycles. The Labute approximate surface area is 179 Å². The molecule has 0 bridgehead atoms. The molecule has 1 fully saturated rings. The Morgan fingerprint density at radius 3 is 2.40 bits per heavy atom. The molecular weight excluding hydrogens is 400 g/mol. The van der Waals surface area contributed by atoms with Crippen LogP contribution in [0.4, 0.5) is 0 Å². The smallest absolute Gasteiger partial charge is 0.251 e. The third-order valence-corrected chi connectivity index (χ3v) is 7.32. The average Bonchev–Trinajstić information content (AvgIpc) is 2.74. The molecule has 2 aromatic carbocycles. The second-order valence-electron chi connectivity index (χ2n) is 7.94. The molecule has 0 aromatic heterocycles. The first-order chi connectivity index (χ1) is 14.3. The zero-order valence-corrected chi connectivity index (χ0v) is 18.7. The molecule has 1 amide bonds. The van der Waals surface area contributed by atoms with Crippen LogP contribution in [-0.2, 0) is 10.0 Å². The second kappa shape index (κ2) is 9.62. The van der Waals surface area contributed by atoms with Crippen molar-refractivity contribution in [2.24, 2.45) is 0 Å². The maximum atomic E-state index is 13.1. The first-order valence-electron chi connectivity index (χ1n) is 10.4. The predicted octanol–water partition coefficient (Wildman–Crippen LogP) is 3.68. The number of rotatable bonds is 7. The highest BCUT2D eigenvalue weighted by molar-refractivity contribution is 7.89. The van der Waals surface area contributed by atoms with Gasteiger partial charge in [0.1, 0.15) is 12.4 Å². The summed E-state index contributed by atoms with van der Waals surface area (Å²) < 4.78 is 33.4. The van der Waals surface area contributed by atoms with Crippen LogP contribution in [0, 0.1) is 13.8 Å². The van der Waals surface area contributed by atoms with Crippen LogP contribution in [0.3, 0.4) is 0 Å². The van der Waals surface area contributed by atoms with Crippen LogP contribution in [0.1, 0.15) is 47.7 Å². The zero-order chi connectivity index (χ0) is 21.7. The van der Waals surface area contributed by atoms with Gasteiger partial charge >= 0.3 is 0 Å². The largest absolute Gasteiger partial charge is 0.491 e. The van der Waals surface area contributed by atoms with E-state index in [1.807, 2.05) is 38.1 Å². The van der Waals surface area contributed by atoms with Crippen LogP contribution in [0.5, 0.6) is 5.75 Å². The highest BCUT2D eigenvalue weighted by Gasteiger charge is 2.28. The molecule has 7 heteroatoms. The number of amides is 1. The molecule has 6 nitrogen and oxygen atoms in total. The molecule has 2 aromatic rings. The van der Waals surface area contributed by atoms with E-state index in [1.54, 1.807) is 19.1 Å². The van der Waals surface area contributed by atoms with Gasteiger partial charge in [0.2, 0.25) is 10.0 Å². The van der Waals surface area contributed by atoms with Crippen LogP contribution in [0.2, 0.25) is 0 Å². The number of hydrogen-bond acceptors (Lipinski definition) is 4. The Kier molecular flexibility index (Phi) is 7.15. The van der Waals surface area contributed by atoms with Gasteiger partial charge in [0.15, 0.2) is 0 Å². The van der Waals surface area contributed by atoms with E-state index in [1.165, 1.54) is 10.4 Å². The summed E-state index contributed by atoms with van der Waals surface area (Å²) >= 11 is 0. The van der Waals surface area contributed by atoms with Crippen molar-refractivity contribution in [2.45, 2.75) is 51.0 Å². The molecule has 0 spiro atoms. The fourth-order valence-electron chi connectivity index (χ4n) is 3.47. The molecule has 1 N–H and O–H groups in total. The van der Waals surface area contributed by atoms with Gasteiger partial charge in [-0.1, -0.05) is 30.2 Å². The highest BCUT2D eigenvalue weighted by Crippen LogP contribution is 2.24. The summed E-state index contributed by atoms with van der Waals surface area (Å²) in [5.41, 5.74) is 2.13. The Morgan fingerprint density at radius 2 is 1.73 bits per heavy atom. The number of benzene rings is 2. The Bertz CT molecular complexity index is 981. The zero-order valence-electron chi connectivity index (χ0n) is 17.8. The van der Waals surface area contributed by atoms with E-state index in [2.05, 4.69) is 5.32 Å². The lowest BCUT2D eigenvalue weighted by Gasteiger charge is -2.26. The SMILES string of the molecule is Cc1ccc(OC[C@H](C)NC(=O)c2ccc(C)c(S(=O)(=O)N3CCCCC3)c2)cc1. The van der Waals surface area contributed by atoms with Gasteiger partial charge in [0, 0.05) is 18.7 Å². The van der Waals surface area contributed by atoms with Crippen molar-refractivity contribution in [3.63, 3.8) is 0 Å². The lowest BCUT2D eigenvalue weighted by Crippen LogP contribution is -2.37. The molecule has 1 aliphatic heterocycles. The van der Waals surface area contributed by atoms with E-state index in [9.17, 15) is 13.2 Å². The minimum atomic E-state index is -3.60. The lowest BCUT2D eigenvalue weighted by molar-refractivity contribution is 0.0926. The summed E-state index contributed by atoms with van der Waals surface area (Å²) in [6.07, 6.45) is 2.80. The van der Waals surface area contributed by atoms with Gasteiger partial charge < -0.3 is 10.1 Å². The van der Waals surface area contributed by atoms with Crippen LogP contribution in [0.25, 0.3) is 0 Å². The van der Waals surface area contributed by atoms with Gasteiger partial charge in [0.25, 0.3) is 5.91 Å². The third-order valence-electron chi connectivity index (χ3n) is 5.28. The van der Waals surface area contributed by atoms with Gasteiger partial charge in [-0.25, -0.2) is 8.42 Å². The number of hydrogen-bond donors (Lipinski definition) is 1.